The predicted octanol–water partition coefficient (Wildman–Crippen LogP) is 5.69. The summed E-state index contributed by atoms with van der Waals surface area (Å²) >= 11 is 0. The van der Waals surface area contributed by atoms with E-state index in [1.807, 2.05) is 65.6 Å². The van der Waals surface area contributed by atoms with Crippen LogP contribution in [-0.2, 0) is 17.8 Å². The van der Waals surface area contributed by atoms with E-state index in [0.717, 1.165) is 29.4 Å². The van der Waals surface area contributed by atoms with Crippen LogP contribution in [0.1, 0.15) is 34.3 Å². The van der Waals surface area contributed by atoms with Gasteiger partial charge in [0.1, 0.15) is 25.5 Å². The summed E-state index contributed by atoms with van der Waals surface area (Å²) in [5.41, 5.74) is 4.17. The number of pyridine rings is 1. The normalized spacial score (nSPS) is 16.9. The first-order valence-electron chi connectivity index (χ1n) is 13.2. The van der Waals surface area contributed by atoms with Gasteiger partial charge < -0.3 is 19.5 Å². The first kappa shape index (κ1) is 24.7. The molecule has 0 bridgehead atoms. The summed E-state index contributed by atoms with van der Waals surface area (Å²) in [6.45, 7) is 1.87. The topological polar surface area (TPSA) is 65.5 Å². The Balaban J connectivity index is 1.53. The van der Waals surface area contributed by atoms with Crippen molar-refractivity contribution in [3.8, 4) is 11.3 Å². The summed E-state index contributed by atoms with van der Waals surface area (Å²) in [6.07, 6.45) is 1.81. The highest BCUT2D eigenvalue weighted by Gasteiger charge is 2.37. The molecule has 3 aromatic carbocycles. The van der Waals surface area contributed by atoms with Crippen molar-refractivity contribution in [2.24, 2.45) is 0 Å². The van der Waals surface area contributed by atoms with Crippen LogP contribution in [0.25, 0.3) is 22.2 Å². The molecule has 1 saturated carbocycles. The highest BCUT2D eigenvalue weighted by atomic mass is 19.1. The highest BCUT2D eigenvalue weighted by molar-refractivity contribution is 6.09. The fraction of sp³-hybridized carbons (Fsp3) is 0.290. The molecule has 7 heteroatoms. The van der Waals surface area contributed by atoms with Crippen molar-refractivity contribution in [1.82, 2.24) is 9.88 Å². The summed E-state index contributed by atoms with van der Waals surface area (Å²) in [4.78, 5) is 21.4. The van der Waals surface area contributed by atoms with Crippen molar-refractivity contribution in [1.29, 1.82) is 0 Å². The molecule has 1 amide bonds. The second-order valence-corrected chi connectivity index (χ2v) is 10.3. The molecule has 2 aliphatic rings. The summed E-state index contributed by atoms with van der Waals surface area (Å²) < 4.78 is 19.0. The fourth-order valence-electron chi connectivity index (χ4n) is 5.33. The first-order chi connectivity index (χ1) is 18.5. The zero-order chi connectivity index (χ0) is 26.1. The van der Waals surface area contributed by atoms with Crippen LogP contribution in [0.3, 0.4) is 0 Å². The van der Waals surface area contributed by atoms with Gasteiger partial charge in [0.25, 0.3) is 5.91 Å². The van der Waals surface area contributed by atoms with Gasteiger partial charge in [0, 0.05) is 29.1 Å². The molecule has 1 aliphatic carbocycles. The second-order valence-electron chi connectivity index (χ2n) is 10.3. The van der Waals surface area contributed by atoms with Gasteiger partial charge >= 0.3 is 0 Å². The Kier molecular flexibility index (Phi) is 6.66. The number of morpholine rings is 1. The molecular formula is C31H30FN3O3. The number of halogens is 1. The molecule has 4 aromatic rings. The molecule has 0 atom stereocenters. The molecule has 1 aromatic heterocycles. The third-order valence-corrected chi connectivity index (χ3v) is 7.48. The van der Waals surface area contributed by atoms with Gasteiger partial charge in [0.2, 0.25) is 0 Å². The van der Waals surface area contributed by atoms with Crippen molar-refractivity contribution >= 4 is 16.8 Å². The lowest BCUT2D eigenvalue weighted by Crippen LogP contribution is -2.50. The van der Waals surface area contributed by atoms with Gasteiger partial charge in [-0.3, -0.25) is 4.79 Å². The van der Waals surface area contributed by atoms with E-state index in [1.54, 1.807) is 6.07 Å². The van der Waals surface area contributed by atoms with Crippen LogP contribution in [0.4, 0.5) is 4.39 Å². The molecule has 194 valence electrons. The molecule has 2 heterocycles. The summed E-state index contributed by atoms with van der Waals surface area (Å²) in [6, 6.07) is 23.9. The van der Waals surface area contributed by atoms with Crippen molar-refractivity contribution in [2.75, 3.05) is 26.3 Å². The number of amides is 1. The molecule has 6 nitrogen and oxygen atoms in total. The molecule has 0 radical (unpaired) electrons. The van der Waals surface area contributed by atoms with E-state index in [4.69, 9.17) is 9.72 Å². The Labute approximate surface area is 221 Å². The average molecular weight is 512 g/mol. The van der Waals surface area contributed by atoms with Gasteiger partial charge in [-0.25, -0.2) is 9.37 Å². The average Bonchev–Trinajstić information content (AvgIpc) is 3.77. The summed E-state index contributed by atoms with van der Waals surface area (Å²) in [5, 5.41) is 14.6. The van der Waals surface area contributed by atoms with E-state index in [2.05, 4.69) is 0 Å². The standard InChI is InChI=1S/C31H30FN3O3/c32-24-10-6-7-22(19-24)20-34(25-13-14-25)31(36)29-26-11-4-5-12-28(26)33-30(23-8-2-1-3-9-23)27(29)21-35(37)15-17-38-18-16-35/h1-12,19,25H,13-18,20-21H2. The van der Waals surface area contributed by atoms with Crippen molar-refractivity contribution in [3.05, 3.63) is 107 Å². The number of fused-ring (bicyclic) bond motifs is 1. The first-order valence-corrected chi connectivity index (χ1v) is 13.2. The number of benzene rings is 3. The van der Waals surface area contributed by atoms with Gasteiger partial charge in [-0.2, -0.15) is 0 Å². The minimum absolute atomic E-state index is 0.0875. The number of ether oxygens (including phenoxy) is 1. The lowest BCUT2D eigenvalue weighted by molar-refractivity contribution is -0.901. The zero-order valence-electron chi connectivity index (χ0n) is 21.2. The minimum Gasteiger partial charge on any atom is -0.632 e. The number of hydroxylamine groups is 3. The molecule has 2 fully saturated rings. The van der Waals surface area contributed by atoms with Gasteiger partial charge in [0.15, 0.2) is 0 Å². The monoisotopic (exact) mass is 511 g/mol. The van der Waals surface area contributed by atoms with Crippen LogP contribution in [-0.4, -0.2) is 52.8 Å². The quantitative estimate of drug-likeness (QED) is 0.236. The third-order valence-electron chi connectivity index (χ3n) is 7.48. The zero-order valence-corrected chi connectivity index (χ0v) is 21.2. The van der Waals surface area contributed by atoms with Gasteiger partial charge in [-0.1, -0.05) is 60.7 Å². The summed E-state index contributed by atoms with van der Waals surface area (Å²) in [5.74, 6) is -0.459. The molecule has 1 aliphatic heterocycles. The second kappa shape index (κ2) is 10.3. The number of quaternary nitrogens is 1. The number of carbonyl (C=O) groups excluding carboxylic acids is 1. The van der Waals surface area contributed by atoms with Crippen LogP contribution in [0.15, 0.2) is 78.9 Å². The number of aromatic nitrogens is 1. The van der Waals surface area contributed by atoms with Crippen LogP contribution in [0.2, 0.25) is 0 Å². The molecule has 0 spiro atoms. The van der Waals surface area contributed by atoms with Crippen LogP contribution >= 0.6 is 0 Å². The minimum atomic E-state index is -0.465. The van der Waals surface area contributed by atoms with E-state index in [1.165, 1.54) is 12.1 Å². The number of hydrogen-bond acceptors (Lipinski definition) is 4. The Bertz CT molecular complexity index is 1470. The van der Waals surface area contributed by atoms with Gasteiger partial charge in [-0.15, -0.1) is 0 Å². The lowest BCUT2D eigenvalue weighted by Gasteiger charge is -2.45. The van der Waals surface area contributed by atoms with E-state index in [0.29, 0.717) is 55.2 Å². The van der Waals surface area contributed by atoms with Crippen LogP contribution in [0.5, 0.6) is 0 Å². The van der Waals surface area contributed by atoms with Crippen molar-refractivity contribution < 1.29 is 18.6 Å². The number of carbonyl (C=O) groups is 1. The Hall–Kier alpha value is -3.65. The number of hydrogen-bond donors (Lipinski definition) is 0. The number of para-hydroxylation sites is 1. The maximum absolute atomic E-state index is 14.6. The highest BCUT2D eigenvalue weighted by Crippen LogP contribution is 2.37. The van der Waals surface area contributed by atoms with Gasteiger partial charge in [-0.05, 0) is 36.6 Å². The van der Waals surface area contributed by atoms with Crippen LogP contribution in [0, 0.1) is 11.0 Å². The number of nitrogens with zero attached hydrogens (tertiary/aromatic N) is 3. The molecule has 6 rings (SSSR count). The van der Waals surface area contributed by atoms with Gasteiger partial charge in [0.05, 0.1) is 30.0 Å². The number of rotatable bonds is 7. The lowest BCUT2D eigenvalue weighted by atomic mass is 9.94. The fourth-order valence-corrected chi connectivity index (χ4v) is 5.33. The molecule has 0 N–H and O–H groups in total. The third kappa shape index (κ3) is 5.05. The molecular weight excluding hydrogens is 481 g/mol. The van der Waals surface area contributed by atoms with E-state index < -0.39 is 4.65 Å². The largest absolute Gasteiger partial charge is 0.632 e. The Morgan fingerprint density at radius 1 is 1.00 bits per heavy atom. The molecule has 0 unspecified atom stereocenters. The maximum atomic E-state index is 14.6. The van der Waals surface area contributed by atoms with E-state index in [-0.39, 0.29) is 24.3 Å². The molecule has 1 saturated heterocycles. The van der Waals surface area contributed by atoms with Crippen LogP contribution < -0.4 is 0 Å². The Morgan fingerprint density at radius 3 is 2.47 bits per heavy atom. The van der Waals surface area contributed by atoms with Crippen molar-refractivity contribution in [2.45, 2.75) is 32.0 Å². The Morgan fingerprint density at radius 2 is 1.74 bits per heavy atom. The maximum Gasteiger partial charge on any atom is 0.255 e. The smallest absolute Gasteiger partial charge is 0.255 e. The van der Waals surface area contributed by atoms with E-state index >= 15 is 0 Å². The van der Waals surface area contributed by atoms with Crippen molar-refractivity contribution in [3.63, 3.8) is 0 Å². The SMILES string of the molecule is O=C(c1c(C[N+]2([O-])CCOCC2)c(-c2ccccc2)nc2ccccc12)N(Cc1cccc(F)c1)C1CC1. The predicted molar refractivity (Wildman–Crippen MR) is 144 cm³/mol. The van der Waals surface area contributed by atoms with E-state index in [9.17, 15) is 14.4 Å². The summed E-state index contributed by atoms with van der Waals surface area (Å²) in [7, 11) is 0. The molecule has 38 heavy (non-hydrogen) atoms.